The Morgan fingerprint density at radius 3 is 2.68 bits per heavy atom. The van der Waals surface area contributed by atoms with E-state index in [1.165, 1.54) is 0 Å². The Morgan fingerprint density at radius 2 is 2.05 bits per heavy atom. The summed E-state index contributed by atoms with van der Waals surface area (Å²) in [5.74, 6) is -3.34. The van der Waals surface area contributed by atoms with Gasteiger partial charge in [-0.3, -0.25) is 0 Å². The van der Waals surface area contributed by atoms with E-state index in [-0.39, 0.29) is 0 Å². The molecule has 7 heteroatoms. The van der Waals surface area contributed by atoms with Crippen molar-refractivity contribution in [2.24, 2.45) is 11.1 Å². The fraction of sp³-hybridized carbons (Fsp3) is 0.333. The minimum Gasteiger partial charge on any atom is -0.476 e. The number of aliphatic carboxylic acids is 1. The maximum atomic E-state index is 11.3. The van der Waals surface area contributed by atoms with Crippen molar-refractivity contribution in [1.29, 1.82) is 0 Å². The number of carbonyl (C=O) groups is 1. The van der Waals surface area contributed by atoms with Crippen LogP contribution >= 0.6 is 23.2 Å². The van der Waals surface area contributed by atoms with Gasteiger partial charge in [0.15, 0.2) is 0 Å². The molecular formula is C12H9Cl2NO4. The number of nitrogens with zero attached hydrogens (tertiary/aromatic N) is 1. The minimum absolute atomic E-state index is 0.310. The number of rotatable bonds is 2. The van der Waals surface area contributed by atoms with Crippen molar-refractivity contribution < 1.29 is 19.5 Å². The zero-order valence-corrected chi connectivity index (χ0v) is 11.1. The second kappa shape index (κ2) is 4.37. The van der Waals surface area contributed by atoms with E-state index in [1.54, 1.807) is 18.2 Å². The number of ether oxygens (including phenoxy) is 1. The number of oxime groups is 1. The van der Waals surface area contributed by atoms with Gasteiger partial charge in [0.1, 0.15) is 0 Å². The number of fused-ring (bicyclic) bond motifs is 1. The Kier molecular flexibility index (Phi) is 2.92. The van der Waals surface area contributed by atoms with Gasteiger partial charge in [0, 0.05) is 15.6 Å². The van der Waals surface area contributed by atoms with Crippen molar-refractivity contribution in [3.63, 3.8) is 0 Å². The van der Waals surface area contributed by atoms with Crippen LogP contribution in [-0.4, -0.2) is 29.2 Å². The summed E-state index contributed by atoms with van der Waals surface area (Å²) in [5.41, 5.74) is 1.15. The van der Waals surface area contributed by atoms with E-state index in [4.69, 9.17) is 32.8 Å². The Bertz CT molecular complexity index is 569. The predicted octanol–water partition coefficient (Wildman–Crippen LogP) is 2.55. The SMILES string of the molecule is O=C(O)[C@]12OCC[C@H]1C(c1cc(Cl)cc(Cl)c1)=NO2. The van der Waals surface area contributed by atoms with E-state index in [0.717, 1.165) is 0 Å². The van der Waals surface area contributed by atoms with Gasteiger partial charge in [0.2, 0.25) is 0 Å². The highest BCUT2D eigenvalue weighted by atomic mass is 35.5. The molecule has 0 aromatic heterocycles. The maximum absolute atomic E-state index is 11.3. The van der Waals surface area contributed by atoms with Crippen molar-refractivity contribution in [1.82, 2.24) is 0 Å². The van der Waals surface area contributed by atoms with E-state index in [1.807, 2.05) is 0 Å². The zero-order valence-electron chi connectivity index (χ0n) is 9.60. The van der Waals surface area contributed by atoms with Gasteiger partial charge in [0.25, 0.3) is 0 Å². The highest BCUT2D eigenvalue weighted by Gasteiger charge is 2.60. The van der Waals surface area contributed by atoms with Gasteiger partial charge in [0.05, 0.1) is 18.2 Å². The molecule has 19 heavy (non-hydrogen) atoms. The lowest BCUT2D eigenvalue weighted by Gasteiger charge is -2.20. The van der Waals surface area contributed by atoms with E-state index < -0.39 is 17.7 Å². The summed E-state index contributed by atoms with van der Waals surface area (Å²) in [6.07, 6.45) is 0.523. The first-order valence-corrected chi connectivity index (χ1v) is 6.38. The molecule has 5 nitrogen and oxygen atoms in total. The summed E-state index contributed by atoms with van der Waals surface area (Å²) in [6, 6.07) is 4.94. The molecule has 0 unspecified atom stereocenters. The molecule has 0 amide bonds. The average molecular weight is 302 g/mol. The fourth-order valence-electron chi connectivity index (χ4n) is 2.41. The van der Waals surface area contributed by atoms with Crippen LogP contribution in [0.15, 0.2) is 23.4 Å². The summed E-state index contributed by atoms with van der Waals surface area (Å²) in [7, 11) is 0. The zero-order chi connectivity index (χ0) is 13.6. The molecule has 1 aromatic carbocycles. The van der Waals surface area contributed by atoms with Gasteiger partial charge in [-0.25, -0.2) is 4.79 Å². The van der Waals surface area contributed by atoms with E-state index in [2.05, 4.69) is 5.16 Å². The van der Waals surface area contributed by atoms with E-state index in [0.29, 0.717) is 34.3 Å². The molecule has 3 rings (SSSR count). The molecule has 1 saturated heterocycles. The lowest BCUT2D eigenvalue weighted by Crippen LogP contribution is -2.44. The summed E-state index contributed by atoms with van der Waals surface area (Å²) in [5, 5.41) is 14.0. The minimum atomic E-state index is -1.70. The predicted molar refractivity (Wildman–Crippen MR) is 68.5 cm³/mol. The first kappa shape index (κ1) is 12.7. The second-order valence-corrected chi connectivity index (χ2v) is 5.26. The van der Waals surface area contributed by atoms with E-state index in [9.17, 15) is 9.90 Å². The fourth-order valence-corrected chi connectivity index (χ4v) is 2.94. The highest BCUT2D eigenvalue weighted by molar-refractivity contribution is 6.35. The summed E-state index contributed by atoms with van der Waals surface area (Å²) >= 11 is 11.9. The molecule has 100 valence electrons. The number of halogens is 2. The lowest BCUT2D eigenvalue weighted by molar-refractivity contribution is -0.226. The molecule has 0 saturated carbocycles. The van der Waals surface area contributed by atoms with Crippen molar-refractivity contribution in [2.75, 3.05) is 6.61 Å². The molecule has 2 aliphatic rings. The van der Waals surface area contributed by atoms with Crippen LogP contribution in [0.2, 0.25) is 10.0 Å². The topological polar surface area (TPSA) is 68.1 Å². The number of benzene rings is 1. The third-order valence-electron chi connectivity index (χ3n) is 3.25. The molecule has 0 radical (unpaired) electrons. The van der Waals surface area contributed by atoms with Crippen LogP contribution in [0.5, 0.6) is 0 Å². The Balaban J connectivity index is 2.01. The lowest BCUT2D eigenvalue weighted by atomic mass is 9.89. The van der Waals surface area contributed by atoms with Crippen LogP contribution in [0.25, 0.3) is 0 Å². The van der Waals surface area contributed by atoms with Crippen molar-refractivity contribution >= 4 is 34.9 Å². The normalized spacial score (nSPS) is 28.7. The molecule has 2 atom stereocenters. The van der Waals surface area contributed by atoms with Gasteiger partial charge in [-0.2, -0.15) is 0 Å². The number of carboxylic acids is 1. The Labute approximate surface area is 118 Å². The molecule has 1 fully saturated rings. The first-order chi connectivity index (χ1) is 9.03. The van der Waals surface area contributed by atoms with Crippen LogP contribution in [0.4, 0.5) is 0 Å². The van der Waals surface area contributed by atoms with E-state index >= 15 is 0 Å². The van der Waals surface area contributed by atoms with Gasteiger partial charge >= 0.3 is 11.8 Å². The largest absolute Gasteiger partial charge is 0.476 e. The quantitative estimate of drug-likeness (QED) is 0.911. The van der Waals surface area contributed by atoms with Crippen LogP contribution in [0.1, 0.15) is 12.0 Å². The molecule has 2 heterocycles. The molecule has 0 spiro atoms. The van der Waals surface area contributed by atoms with Crippen LogP contribution < -0.4 is 0 Å². The standard InChI is InChI=1S/C12H9Cl2NO4/c13-7-3-6(4-8(14)5-7)10-9-1-2-18-12(9,11(16)17)19-15-10/h3-5,9H,1-2H2,(H,16,17)/t9-,12-/m0/s1. The monoisotopic (exact) mass is 301 g/mol. The summed E-state index contributed by atoms with van der Waals surface area (Å²) < 4.78 is 5.24. The molecule has 1 aromatic rings. The maximum Gasteiger partial charge on any atom is 0.380 e. The molecular weight excluding hydrogens is 293 g/mol. The average Bonchev–Trinajstić information content (AvgIpc) is 2.85. The number of carboxylic acid groups (broad SMARTS) is 1. The third kappa shape index (κ3) is 1.89. The summed E-state index contributed by atoms with van der Waals surface area (Å²) in [6.45, 7) is 0.310. The van der Waals surface area contributed by atoms with Crippen LogP contribution in [0, 0.1) is 5.92 Å². The van der Waals surface area contributed by atoms with Gasteiger partial charge in [-0.05, 0) is 24.6 Å². The molecule has 1 N–H and O–H groups in total. The van der Waals surface area contributed by atoms with Gasteiger partial charge in [-0.15, -0.1) is 0 Å². The molecule has 0 aliphatic carbocycles. The van der Waals surface area contributed by atoms with Crippen LogP contribution in [-0.2, 0) is 14.4 Å². The molecule has 0 bridgehead atoms. The van der Waals surface area contributed by atoms with Crippen molar-refractivity contribution in [3.8, 4) is 0 Å². The number of hydrogen-bond acceptors (Lipinski definition) is 4. The van der Waals surface area contributed by atoms with Crippen molar-refractivity contribution in [2.45, 2.75) is 12.2 Å². The Hall–Kier alpha value is -1.30. The smallest absolute Gasteiger partial charge is 0.380 e. The van der Waals surface area contributed by atoms with Crippen molar-refractivity contribution in [3.05, 3.63) is 33.8 Å². The second-order valence-electron chi connectivity index (χ2n) is 4.39. The van der Waals surface area contributed by atoms with Crippen LogP contribution in [0.3, 0.4) is 0 Å². The first-order valence-electron chi connectivity index (χ1n) is 5.63. The Morgan fingerprint density at radius 1 is 1.37 bits per heavy atom. The molecule has 2 aliphatic heterocycles. The summed E-state index contributed by atoms with van der Waals surface area (Å²) in [4.78, 5) is 16.4. The van der Waals surface area contributed by atoms with Gasteiger partial charge < -0.3 is 14.7 Å². The highest BCUT2D eigenvalue weighted by Crippen LogP contribution is 2.41. The van der Waals surface area contributed by atoms with Gasteiger partial charge in [-0.1, -0.05) is 28.4 Å². The third-order valence-corrected chi connectivity index (χ3v) is 3.68. The number of hydrogen-bond donors (Lipinski definition) is 1.